The molecule has 0 bridgehead atoms. The van der Waals surface area contributed by atoms with Crippen LogP contribution in [0.15, 0.2) is 24.3 Å². The van der Waals surface area contributed by atoms with E-state index in [-0.39, 0.29) is 30.4 Å². The summed E-state index contributed by atoms with van der Waals surface area (Å²) in [5.41, 5.74) is 0.537. The second kappa shape index (κ2) is 8.68. The van der Waals surface area contributed by atoms with Gasteiger partial charge in [-0.15, -0.1) is 0 Å². The molecule has 0 atom stereocenters. The van der Waals surface area contributed by atoms with Gasteiger partial charge < -0.3 is 10.1 Å². The molecule has 21 heavy (non-hydrogen) atoms. The first-order chi connectivity index (χ1) is 10.0. The van der Waals surface area contributed by atoms with E-state index in [1.54, 1.807) is 19.1 Å². The van der Waals surface area contributed by atoms with Crippen LogP contribution in [0.5, 0.6) is 0 Å². The SMILES string of the molecule is CCOC(=O)CCCNC(=O)Cc1cccc([N+](=O)[O-])c1. The molecule has 0 aliphatic carbocycles. The molecule has 0 fully saturated rings. The average molecular weight is 294 g/mol. The lowest BCUT2D eigenvalue weighted by molar-refractivity contribution is -0.384. The number of nitro benzene ring substituents is 1. The van der Waals surface area contributed by atoms with E-state index in [0.717, 1.165) is 0 Å². The first-order valence-corrected chi connectivity index (χ1v) is 6.68. The van der Waals surface area contributed by atoms with Gasteiger partial charge in [-0.3, -0.25) is 19.7 Å². The maximum Gasteiger partial charge on any atom is 0.305 e. The third-order valence-corrected chi connectivity index (χ3v) is 2.67. The lowest BCUT2D eigenvalue weighted by atomic mass is 10.1. The number of benzene rings is 1. The van der Waals surface area contributed by atoms with Crippen LogP contribution in [0.4, 0.5) is 5.69 Å². The van der Waals surface area contributed by atoms with Crippen molar-refractivity contribution in [3.63, 3.8) is 0 Å². The zero-order valence-electron chi connectivity index (χ0n) is 11.8. The molecule has 1 aromatic carbocycles. The van der Waals surface area contributed by atoms with E-state index >= 15 is 0 Å². The third kappa shape index (κ3) is 6.51. The molecule has 0 aliphatic heterocycles. The summed E-state index contributed by atoms with van der Waals surface area (Å²) in [6.45, 7) is 2.45. The summed E-state index contributed by atoms with van der Waals surface area (Å²) in [6.07, 6.45) is 0.825. The predicted octanol–water partition coefficient (Wildman–Crippen LogP) is 1.60. The Kier molecular flexibility index (Phi) is 6.86. The van der Waals surface area contributed by atoms with Gasteiger partial charge in [0.05, 0.1) is 18.0 Å². The Balaban J connectivity index is 2.32. The fraction of sp³-hybridized carbons (Fsp3) is 0.429. The van der Waals surface area contributed by atoms with E-state index in [2.05, 4.69) is 5.32 Å². The molecule has 1 amide bonds. The van der Waals surface area contributed by atoms with Crippen LogP contribution in [0, 0.1) is 10.1 Å². The van der Waals surface area contributed by atoms with Crippen LogP contribution in [0.2, 0.25) is 0 Å². The van der Waals surface area contributed by atoms with Crippen molar-refractivity contribution in [1.29, 1.82) is 0 Å². The first kappa shape index (κ1) is 16.6. The molecule has 1 N–H and O–H groups in total. The molecule has 0 heterocycles. The summed E-state index contributed by atoms with van der Waals surface area (Å²) < 4.78 is 4.76. The summed E-state index contributed by atoms with van der Waals surface area (Å²) >= 11 is 0. The highest BCUT2D eigenvalue weighted by Crippen LogP contribution is 2.13. The summed E-state index contributed by atoms with van der Waals surface area (Å²) in [6, 6.07) is 5.95. The number of hydrogen-bond acceptors (Lipinski definition) is 5. The molecule has 0 saturated carbocycles. The fourth-order valence-corrected chi connectivity index (χ4v) is 1.72. The van der Waals surface area contributed by atoms with Gasteiger partial charge in [-0.25, -0.2) is 0 Å². The van der Waals surface area contributed by atoms with Crippen molar-refractivity contribution >= 4 is 17.6 Å². The molecule has 0 spiro atoms. The van der Waals surface area contributed by atoms with E-state index in [4.69, 9.17) is 4.74 Å². The number of ether oxygens (including phenoxy) is 1. The van der Waals surface area contributed by atoms with Crippen molar-refractivity contribution in [1.82, 2.24) is 5.32 Å². The molecule has 1 aromatic rings. The van der Waals surface area contributed by atoms with Gasteiger partial charge in [-0.1, -0.05) is 12.1 Å². The molecule has 1 rings (SSSR count). The molecule has 0 saturated heterocycles. The Morgan fingerprint density at radius 2 is 2.14 bits per heavy atom. The maximum absolute atomic E-state index is 11.7. The van der Waals surface area contributed by atoms with Crippen molar-refractivity contribution in [3.8, 4) is 0 Å². The Hall–Kier alpha value is -2.44. The highest BCUT2D eigenvalue weighted by Gasteiger charge is 2.09. The standard InChI is InChI=1S/C14H18N2O5/c1-2-21-14(18)7-4-8-15-13(17)10-11-5-3-6-12(9-11)16(19)20/h3,5-6,9H,2,4,7-8,10H2,1H3,(H,15,17). The topological polar surface area (TPSA) is 98.5 Å². The smallest absolute Gasteiger partial charge is 0.305 e. The first-order valence-electron chi connectivity index (χ1n) is 6.68. The monoisotopic (exact) mass is 294 g/mol. The molecule has 0 radical (unpaired) electrons. The van der Waals surface area contributed by atoms with Gasteiger partial charge in [0.25, 0.3) is 5.69 Å². The van der Waals surface area contributed by atoms with Crippen molar-refractivity contribution in [2.24, 2.45) is 0 Å². The number of esters is 1. The van der Waals surface area contributed by atoms with Gasteiger partial charge in [0, 0.05) is 25.1 Å². The summed E-state index contributed by atoms with van der Waals surface area (Å²) in [7, 11) is 0. The number of nitrogens with zero attached hydrogens (tertiary/aromatic N) is 1. The van der Waals surface area contributed by atoms with Gasteiger partial charge in [-0.2, -0.15) is 0 Å². The van der Waals surface area contributed by atoms with Gasteiger partial charge in [-0.05, 0) is 18.9 Å². The summed E-state index contributed by atoms with van der Waals surface area (Å²) in [5.74, 6) is -0.523. The highest BCUT2D eigenvalue weighted by molar-refractivity contribution is 5.78. The molecule has 0 aromatic heterocycles. The zero-order valence-corrected chi connectivity index (χ0v) is 11.8. The number of hydrogen-bond donors (Lipinski definition) is 1. The Morgan fingerprint density at radius 3 is 2.81 bits per heavy atom. The predicted molar refractivity (Wildman–Crippen MR) is 75.7 cm³/mol. The van der Waals surface area contributed by atoms with Gasteiger partial charge >= 0.3 is 5.97 Å². The molecule has 114 valence electrons. The lowest BCUT2D eigenvalue weighted by Crippen LogP contribution is -2.26. The van der Waals surface area contributed by atoms with Crippen LogP contribution in [-0.2, 0) is 20.7 Å². The molecule has 7 nitrogen and oxygen atoms in total. The summed E-state index contributed by atoms with van der Waals surface area (Å²) in [4.78, 5) is 32.9. The Morgan fingerprint density at radius 1 is 1.38 bits per heavy atom. The number of rotatable bonds is 8. The maximum atomic E-state index is 11.7. The normalized spacial score (nSPS) is 9.95. The number of nitro groups is 1. The molecule has 0 aliphatic rings. The van der Waals surface area contributed by atoms with Gasteiger partial charge in [0.2, 0.25) is 5.91 Å². The van der Waals surface area contributed by atoms with E-state index in [0.29, 0.717) is 25.1 Å². The van der Waals surface area contributed by atoms with Gasteiger partial charge in [0.15, 0.2) is 0 Å². The van der Waals surface area contributed by atoms with Crippen LogP contribution in [0.3, 0.4) is 0 Å². The van der Waals surface area contributed by atoms with Crippen molar-refractivity contribution in [2.75, 3.05) is 13.2 Å². The van der Waals surface area contributed by atoms with E-state index in [1.807, 2.05) is 0 Å². The number of nitrogens with one attached hydrogen (secondary N) is 1. The quantitative estimate of drug-likeness (QED) is 0.340. The number of carbonyl (C=O) groups excluding carboxylic acids is 2. The van der Waals surface area contributed by atoms with Crippen molar-refractivity contribution in [2.45, 2.75) is 26.2 Å². The zero-order chi connectivity index (χ0) is 15.7. The lowest BCUT2D eigenvalue weighted by Gasteiger charge is -2.05. The molecule has 7 heteroatoms. The third-order valence-electron chi connectivity index (χ3n) is 2.67. The minimum absolute atomic E-state index is 0.0392. The molecular weight excluding hydrogens is 276 g/mol. The number of non-ortho nitro benzene ring substituents is 1. The highest BCUT2D eigenvalue weighted by atomic mass is 16.6. The molecule has 0 unspecified atom stereocenters. The minimum Gasteiger partial charge on any atom is -0.466 e. The van der Waals surface area contributed by atoms with Crippen LogP contribution >= 0.6 is 0 Å². The number of carbonyl (C=O) groups is 2. The van der Waals surface area contributed by atoms with E-state index < -0.39 is 4.92 Å². The van der Waals surface area contributed by atoms with E-state index in [9.17, 15) is 19.7 Å². The van der Waals surface area contributed by atoms with Gasteiger partial charge in [0.1, 0.15) is 0 Å². The second-order valence-electron chi connectivity index (χ2n) is 4.36. The summed E-state index contributed by atoms with van der Waals surface area (Å²) in [5, 5.41) is 13.3. The largest absolute Gasteiger partial charge is 0.466 e. The Bertz CT molecular complexity index is 516. The van der Waals surface area contributed by atoms with Crippen molar-refractivity contribution in [3.05, 3.63) is 39.9 Å². The van der Waals surface area contributed by atoms with Crippen LogP contribution in [-0.4, -0.2) is 30.0 Å². The van der Waals surface area contributed by atoms with E-state index in [1.165, 1.54) is 12.1 Å². The van der Waals surface area contributed by atoms with Crippen molar-refractivity contribution < 1.29 is 19.2 Å². The average Bonchev–Trinajstić information content (AvgIpc) is 2.44. The Labute approximate surface area is 122 Å². The number of amides is 1. The van der Waals surface area contributed by atoms with Crippen LogP contribution < -0.4 is 5.32 Å². The fourth-order valence-electron chi connectivity index (χ4n) is 1.72. The molecular formula is C14H18N2O5. The van der Waals surface area contributed by atoms with Crippen LogP contribution in [0.25, 0.3) is 0 Å². The second-order valence-corrected chi connectivity index (χ2v) is 4.36. The minimum atomic E-state index is -0.499. The van der Waals surface area contributed by atoms with Crippen LogP contribution in [0.1, 0.15) is 25.3 Å².